The minimum atomic E-state index is -0.528. The second kappa shape index (κ2) is 12.2. The topological polar surface area (TPSA) is 49.4 Å². The fourth-order valence-corrected chi connectivity index (χ4v) is 4.07. The van der Waals surface area contributed by atoms with E-state index in [0.717, 1.165) is 27.8 Å². The highest BCUT2D eigenvalue weighted by atomic mass is 79.9. The molecule has 0 spiro atoms. The summed E-state index contributed by atoms with van der Waals surface area (Å²) in [7, 11) is 0. The van der Waals surface area contributed by atoms with Gasteiger partial charge in [-0.15, -0.1) is 11.8 Å². The summed E-state index contributed by atoms with van der Waals surface area (Å²) in [5, 5.41) is 3.01. The second-order valence-corrected chi connectivity index (χ2v) is 9.46. The lowest BCUT2D eigenvalue weighted by atomic mass is 10.1. The Balaban J connectivity index is 2.08. The molecule has 30 heavy (non-hydrogen) atoms. The van der Waals surface area contributed by atoms with Gasteiger partial charge in [0.15, 0.2) is 0 Å². The number of benzene rings is 2. The van der Waals surface area contributed by atoms with Crippen molar-refractivity contribution in [3.63, 3.8) is 0 Å². The molecule has 2 amide bonds. The van der Waals surface area contributed by atoms with Gasteiger partial charge in [0.25, 0.3) is 0 Å². The third-order valence-corrected chi connectivity index (χ3v) is 6.69. The SMILES string of the molecule is CC[C@@H](C)NC(=O)[C@H](C)N(Cc1ccccc1C)C(=O)CSCc1ccc(Br)cc1. The van der Waals surface area contributed by atoms with Crippen LogP contribution in [0.15, 0.2) is 53.0 Å². The van der Waals surface area contributed by atoms with Crippen LogP contribution < -0.4 is 5.32 Å². The minimum Gasteiger partial charge on any atom is -0.352 e. The quantitative estimate of drug-likeness (QED) is 0.489. The van der Waals surface area contributed by atoms with Crippen LogP contribution in [0.3, 0.4) is 0 Å². The van der Waals surface area contributed by atoms with Gasteiger partial charge in [-0.2, -0.15) is 0 Å². The number of hydrogen-bond donors (Lipinski definition) is 1. The molecule has 0 aliphatic heterocycles. The fraction of sp³-hybridized carbons (Fsp3) is 0.417. The van der Waals surface area contributed by atoms with Crippen molar-refractivity contribution in [1.82, 2.24) is 10.2 Å². The third-order valence-electron chi connectivity index (χ3n) is 5.18. The van der Waals surface area contributed by atoms with Crippen LogP contribution in [0.4, 0.5) is 0 Å². The zero-order valence-electron chi connectivity index (χ0n) is 18.2. The number of rotatable bonds is 10. The number of nitrogens with one attached hydrogen (secondary N) is 1. The lowest BCUT2D eigenvalue weighted by Crippen LogP contribution is -2.50. The summed E-state index contributed by atoms with van der Waals surface area (Å²) in [5.41, 5.74) is 3.35. The van der Waals surface area contributed by atoms with Gasteiger partial charge < -0.3 is 10.2 Å². The number of carbonyl (C=O) groups is 2. The molecule has 0 heterocycles. The van der Waals surface area contributed by atoms with Gasteiger partial charge in [-0.25, -0.2) is 0 Å². The van der Waals surface area contributed by atoms with Crippen LogP contribution in [-0.4, -0.2) is 34.6 Å². The average Bonchev–Trinajstić information content (AvgIpc) is 2.73. The summed E-state index contributed by atoms with van der Waals surface area (Å²) in [4.78, 5) is 27.6. The number of hydrogen-bond acceptors (Lipinski definition) is 3. The van der Waals surface area contributed by atoms with Crippen molar-refractivity contribution in [3.05, 3.63) is 69.7 Å². The van der Waals surface area contributed by atoms with Gasteiger partial charge >= 0.3 is 0 Å². The molecule has 2 atom stereocenters. The molecule has 2 aromatic carbocycles. The first kappa shape index (κ1) is 24.5. The largest absolute Gasteiger partial charge is 0.352 e. The standard InChI is InChI=1S/C24H31BrN2O2S/c1-5-18(3)26-24(29)19(4)27(14-21-9-7-6-8-17(21)2)23(28)16-30-15-20-10-12-22(25)13-11-20/h6-13,18-19H,5,14-16H2,1-4H3,(H,26,29)/t18-,19+/m1/s1. The summed E-state index contributed by atoms with van der Waals surface area (Å²) >= 11 is 5.01. The highest BCUT2D eigenvalue weighted by Gasteiger charge is 2.27. The molecule has 6 heteroatoms. The van der Waals surface area contributed by atoms with Crippen LogP contribution in [0.25, 0.3) is 0 Å². The summed E-state index contributed by atoms with van der Waals surface area (Å²) in [6.07, 6.45) is 0.854. The molecule has 2 aromatic rings. The van der Waals surface area contributed by atoms with Crippen LogP contribution in [0.2, 0.25) is 0 Å². The van der Waals surface area contributed by atoms with Crippen molar-refractivity contribution in [2.45, 2.75) is 58.5 Å². The van der Waals surface area contributed by atoms with Gasteiger partial charge in [-0.1, -0.05) is 59.3 Å². The lowest BCUT2D eigenvalue weighted by Gasteiger charge is -2.30. The van der Waals surface area contributed by atoms with Crippen molar-refractivity contribution >= 4 is 39.5 Å². The molecular weight excluding hydrogens is 460 g/mol. The molecular formula is C24H31BrN2O2S. The summed E-state index contributed by atoms with van der Waals surface area (Å²) in [6, 6.07) is 15.7. The Kier molecular flexibility index (Phi) is 9.92. The van der Waals surface area contributed by atoms with Crippen LogP contribution in [0, 0.1) is 6.92 Å². The van der Waals surface area contributed by atoms with E-state index in [-0.39, 0.29) is 17.9 Å². The number of aryl methyl sites for hydroxylation is 1. The smallest absolute Gasteiger partial charge is 0.242 e. The van der Waals surface area contributed by atoms with Gasteiger partial charge in [-0.05, 0) is 56.0 Å². The first-order valence-electron chi connectivity index (χ1n) is 10.3. The van der Waals surface area contributed by atoms with Crippen molar-refractivity contribution in [2.75, 3.05) is 5.75 Å². The lowest BCUT2D eigenvalue weighted by molar-refractivity contribution is -0.138. The van der Waals surface area contributed by atoms with E-state index in [4.69, 9.17) is 0 Å². The molecule has 1 N–H and O–H groups in total. The third kappa shape index (κ3) is 7.47. The molecule has 0 aromatic heterocycles. The Hall–Kier alpha value is -1.79. The highest BCUT2D eigenvalue weighted by Crippen LogP contribution is 2.19. The van der Waals surface area contributed by atoms with Gasteiger partial charge in [-0.3, -0.25) is 9.59 Å². The Labute approximate surface area is 192 Å². The highest BCUT2D eigenvalue weighted by molar-refractivity contribution is 9.10. The molecule has 4 nitrogen and oxygen atoms in total. The molecule has 0 fully saturated rings. The van der Waals surface area contributed by atoms with Crippen LogP contribution >= 0.6 is 27.7 Å². The second-order valence-electron chi connectivity index (χ2n) is 7.56. The fourth-order valence-electron chi connectivity index (χ4n) is 2.94. The first-order chi connectivity index (χ1) is 14.3. The van der Waals surface area contributed by atoms with E-state index >= 15 is 0 Å². The Bertz CT molecular complexity index is 841. The van der Waals surface area contributed by atoms with E-state index in [1.54, 1.807) is 16.7 Å². The predicted octanol–water partition coefficient (Wildman–Crippen LogP) is 5.32. The van der Waals surface area contributed by atoms with Crippen LogP contribution in [0.5, 0.6) is 0 Å². The molecule has 0 saturated carbocycles. The Morgan fingerprint density at radius 3 is 2.40 bits per heavy atom. The van der Waals surface area contributed by atoms with Gasteiger partial charge in [0.05, 0.1) is 5.75 Å². The molecule has 0 aliphatic carbocycles. The summed E-state index contributed by atoms with van der Waals surface area (Å²) in [5.74, 6) is 0.962. The predicted molar refractivity (Wildman–Crippen MR) is 129 cm³/mol. The van der Waals surface area contributed by atoms with Crippen molar-refractivity contribution in [3.8, 4) is 0 Å². The van der Waals surface area contributed by atoms with Crippen molar-refractivity contribution in [2.24, 2.45) is 0 Å². The number of amides is 2. The van der Waals surface area contributed by atoms with Crippen molar-refractivity contribution in [1.29, 1.82) is 0 Å². The summed E-state index contributed by atoms with van der Waals surface area (Å²) in [6.45, 7) is 8.29. The van der Waals surface area contributed by atoms with Crippen LogP contribution in [-0.2, 0) is 21.9 Å². The van der Waals surface area contributed by atoms with E-state index in [1.165, 1.54) is 5.56 Å². The molecule has 0 bridgehead atoms. The number of thioether (sulfide) groups is 1. The van der Waals surface area contributed by atoms with Crippen LogP contribution in [0.1, 0.15) is 43.9 Å². The van der Waals surface area contributed by atoms with E-state index < -0.39 is 6.04 Å². The number of nitrogens with zero attached hydrogens (tertiary/aromatic N) is 1. The molecule has 0 radical (unpaired) electrons. The molecule has 162 valence electrons. The van der Waals surface area contributed by atoms with Gasteiger partial charge in [0.1, 0.15) is 6.04 Å². The molecule has 0 unspecified atom stereocenters. The maximum absolute atomic E-state index is 13.1. The summed E-state index contributed by atoms with van der Waals surface area (Å²) < 4.78 is 1.04. The Morgan fingerprint density at radius 1 is 1.10 bits per heavy atom. The van der Waals surface area contributed by atoms with E-state index in [1.807, 2.05) is 64.1 Å². The van der Waals surface area contributed by atoms with E-state index in [2.05, 4.69) is 33.4 Å². The van der Waals surface area contributed by atoms with E-state index in [9.17, 15) is 9.59 Å². The van der Waals surface area contributed by atoms with Gasteiger partial charge in [0.2, 0.25) is 11.8 Å². The zero-order valence-corrected chi connectivity index (χ0v) is 20.6. The average molecular weight is 491 g/mol. The molecule has 0 aliphatic rings. The monoisotopic (exact) mass is 490 g/mol. The normalized spacial score (nSPS) is 12.8. The minimum absolute atomic E-state index is 0.0211. The maximum atomic E-state index is 13.1. The van der Waals surface area contributed by atoms with Gasteiger partial charge in [0, 0.05) is 22.8 Å². The zero-order chi connectivity index (χ0) is 22.1. The number of carbonyl (C=O) groups excluding carboxylic acids is 2. The maximum Gasteiger partial charge on any atom is 0.242 e. The number of halogens is 1. The molecule has 2 rings (SSSR count). The Morgan fingerprint density at radius 2 is 1.77 bits per heavy atom. The first-order valence-corrected chi connectivity index (χ1v) is 12.2. The van der Waals surface area contributed by atoms with E-state index in [0.29, 0.717) is 12.3 Å². The molecule has 0 saturated heterocycles. The van der Waals surface area contributed by atoms with Crippen molar-refractivity contribution < 1.29 is 9.59 Å².